The number of aromatic nitrogens is 1. The molecule has 1 aromatic heterocycles. The first-order chi connectivity index (χ1) is 4.63. The molecule has 0 saturated carbocycles. The van der Waals surface area contributed by atoms with Crippen molar-refractivity contribution in [2.24, 2.45) is 0 Å². The van der Waals surface area contributed by atoms with Crippen molar-refractivity contribution in [2.75, 3.05) is 0 Å². The third-order valence-corrected chi connectivity index (χ3v) is 2.42. The van der Waals surface area contributed by atoms with E-state index < -0.39 is 0 Å². The van der Waals surface area contributed by atoms with E-state index in [9.17, 15) is 0 Å². The SMILES string of the molecule is C=[S-](=C)c1c(C)noc1C. The normalized spacial score (nSPS) is 10.7. The summed E-state index contributed by atoms with van der Waals surface area (Å²) in [6.45, 7) is 3.79. The molecular weight excluding hydrogens is 146 g/mol. The zero-order valence-corrected chi connectivity index (χ0v) is 6.99. The van der Waals surface area contributed by atoms with E-state index in [1.165, 1.54) is 0 Å². The average molecular weight is 156 g/mol. The lowest BCUT2D eigenvalue weighted by Crippen LogP contribution is -1.82. The molecule has 56 valence electrons. The van der Waals surface area contributed by atoms with Crippen molar-refractivity contribution >= 4 is 21.8 Å². The van der Waals surface area contributed by atoms with Crippen molar-refractivity contribution in [3.63, 3.8) is 0 Å². The molecule has 10 heavy (non-hydrogen) atoms. The Morgan fingerprint density at radius 3 is 2.20 bits per heavy atom. The molecule has 3 heteroatoms. The van der Waals surface area contributed by atoms with Crippen molar-refractivity contribution in [1.82, 2.24) is 5.16 Å². The third kappa shape index (κ3) is 1.09. The van der Waals surface area contributed by atoms with Crippen LogP contribution in [0.3, 0.4) is 0 Å². The lowest BCUT2D eigenvalue weighted by Gasteiger charge is -2.03. The van der Waals surface area contributed by atoms with Gasteiger partial charge in [-0.05, 0) is 13.8 Å². The Bertz CT molecular complexity index is 282. The van der Waals surface area contributed by atoms with Crippen LogP contribution in [0.5, 0.6) is 0 Å². The van der Waals surface area contributed by atoms with Crippen LogP contribution in [0.25, 0.3) is 0 Å². The molecule has 0 fully saturated rings. The van der Waals surface area contributed by atoms with E-state index >= 15 is 0 Å². The van der Waals surface area contributed by atoms with Crippen LogP contribution in [0, 0.1) is 13.8 Å². The Balaban J connectivity index is 3.36. The topological polar surface area (TPSA) is 26.0 Å². The van der Waals surface area contributed by atoms with E-state index in [0.29, 0.717) is 0 Å². The zero-order valence-electron chi connectivity index (χ0n) is 6.18. The van der Waals surface area contributed by atoms with Gasteiger partial charge in [-0.1, -0.05) is 10.1 Å². The maximum atomic E-state index is 4.93. The predicted octanol–water partition coefficient (Wildman–Crippen LogP) is 1.13. The van der Waals surface area contributed by atoms with E-state index in [-0.39, 0.29) is 10.1 Å². The van der Waals surface area contributed by atoms with Crippen LogP contribution in [0.15, 0.2) is 9.42 Å². The minimum absolute atomic E-state index is 0.227. The second-order valence-corrected chi connectivity index (χ2v) is 3.54. The van der Waals surface area contributed by atoms with E-state index in [1.54, 1.807) is 0 Å². The number of aryl methyl sites for hydroxylation is 2. The highest BCUT2D eigenvalue weighted by atomic mass is 32.2. The molecule has 0 bridgehead atoms. The quantitative estimate of drug-likeness (QED) is 0.450. The van der Waals surface area contributed by atoms with Gasteiger partial charge in [0.2, 0.25) is 0 Å². The van der Waals surface area contributed by atoms with Gasteiger partial charge >= 0.3 is 0 Å². The molecule has 0 radical (unpaired) electrons. The summed E-state index contributed by atoms with van der Waals surface area (Å²) >= 11 is 0. The molecule has 0 aliphatic heterocycles. The van der Waals surface area contributed by atoms with Crippen LogP contribution < -0.4 is 0 Å². The summed E-state index contributed by atoms with van der Waals surface area (Å²) in [5.41, 5.74) is 0.908. The molecule has 1 rings (SSSR count). The number of nitrogens with zero attached hydrogens (tertiary/aromatic N) is 1. The Hall–Kier alpha value is -0.700. The highest BCUT2D eigenvalue weighted by Gasteiger charge is 1.96. The molecule has 0 N–H and O–H groups in total. The fourth-order valence-electron chi connectivity index (χ4n) is 0.887. The third-order valence-electron chi connectivity index (χ3n) is 1.26. The first kappa shape index (κ1) is 7.41. The lowest BCUT2D eigenvalue weighted by molar-refractivity contribution is 0.391. The summed E-state index contributed by atoms with van der Waals surface area (Å²) in [6, 6.07) is 0. The van der Waals surface area contributed by atoms with Gasteiger partial charge in [-0.2, -0.15) is 0 Å². The predicted molar refractivity (Wildman–Crippen MR) is 45.9 cm³/mol. The van der Waals surface area contributed by atoms with E-state index in [2.05, 4.69) is 16.9 Å². The summed E-state index contributed by atoms with van der Waals surface area (Å²) in [6.07, 6.45) is 0. The van der Waals surface area contributed by atoms with Gasteiger partial charge in [0.1, 0.15) is 5.76 Å². The summed E-state index contributed by atoms with van der Waals surface area (Å²) < 4.78 is 4.93. The van der Waals surface area contributed by atoms with E-state index in [1.807, 2.05) is 13.8 Å². The van der Waals surface area contributed by atoms with Crippen LogP contribution in [-0.2, 0) is 10.1 Å². The monoisotopic (exact) mass is 156 g/mol. The van der Waals surface area contributed by atoms with Crippen molar-refractivity contribution < 1.29 is 4.52 Å². The molecule has 0 spiro atoms. The molecule has 0 aliphatic rings. The molecule has 0 atom stereocenters. The largest absolute Gasteiger partial charge is 0.452 e. The highest BCUT2D eigenvalue weighted by molar-refractivity contribution is 7.91. The molecule has 0 aliphatic carbocycles. The number of hydrogen-bond donors (Lipinski definition) is 0. The lowest BCUT2D eigenvalue weighted by atomic mass is 10.4. The first-order valence-corrected chi connectivity index (χ1v) is 4.45. The van der Waals surface area contributed by atoms with Crippen molar-refractivity contribution in [3.05, 3.63) is 11.5 Å². The molecule has 0 unspecified atom stereocenters. The number of hydrogen-bond acceptors (Lipinski definition) is 3. The molecule has 1 aromatic rings. The summed E-state index contributed by atoms with van der Waals surface area (Å²) in [5.74, 6) is 8.48. The maximum Gasteiger partial charge on any atom is 0.115 e. The van der Waals surface area contributed by atoms with Gasteiger partial charge in [0.15, 0.2) is 0 Å². The second kappa shape index (κ2) is 2.50. The Morgan fingerprint density at radius 2 is 2.00 bits per heavy atom. The van der Waals surface area contributed by atoms with Gasteiger partial charge in [-0.3, -0.25) is 0 Å². The second-order valence-electron chi connectivity index (χ2n) is 2.15. The minimum Gasteiger partial charge on any atom is -0.452 e. The highest BCUT2D eigenvalue weighted by Crippen LogP contribution is 2.12. The van der Waals surface area contributed by atoms with Gasteiger partial charge in [0, 0.05) is 0 Å². The molecule has 2 nitrogen and oxygen atoms in total. The van der Waals surface area contributed by atoms with Gasteiger partial charge in [0.05, 0.1) is 5.69 Å². The van der Waals surface area contributed by atoms with Crippen LogP contribution >= 0.6 is 0 Å². The molecule has 1 heterocycles. The molecule has 0 amide bonds. The summed E-state index contributed by atoms with van der Waals surface area (Å²) in [7, 11) is -0.227. The zero-order chi connectivity index (χ0) is 7.72. The van der Waals surface area contributed by atoms with Crippen LogP contribution in [-0.4, -0.2) is 16.9 Å². The standard InChI is InChI=1S/C7H10NOS/c1-5-7(10(3)4)6(2)9-8-5/h3-4H2,1-2H3/q-1. The summed E-state index contributed by atoms with van der Waals surface area (Å²) in [5, 5.41) is 3.79. The van der Waals surface area contributed by atoms with Gasteiger partial charge in [0.25, 0.3) is 0 Å². The number of rotatable bonds is 1. The van der Waals surface area contributed by atoms with Crippen LogP contribution in [0.4, 0.5) is 0 Å². The van der Waals surface area contributed by atoms with E-state index in [0.717, 1.165) is 16.3 Å². The Morgan fingerprint density at radius 1 is 1.40 bits per heavy atom. The first-order valence-electron chi connectivity index (χ1n) is 2.89. The van der Waals surface area contributed by atoms with Crippen LogP contribution in [0.2, 0.25) is 0 Å². The Kier molecular flexibility index (Phi) is 1.85. The minimum atomic E-state index is -0.227. The van der Waals surface area contributed by atoms with Crippen LogP contribution in [0.1, 0.15) is 11.5 Å². The molecule has 0 aromatic carbocycles. The molecule has 0 saturated heterocycles. The Labute approximate surface area is 62.4 Å². The van der Waals surface area contributed by atoms with Gasteiger partial charge in [-0.25, -0.2) is 11.7 Å². The maximum absolute atomic E-state index is 4.93. The van der Waals surface area contributed by atoms with Crippen molar-refractivity contribution in [1.29, 1.82) is 0 Å². The van der Waals surface area contributed by atoms with Gasteiger partial charge in [-0.15, -0.1) is 0 Å². The smallest absolute Gasteiger partial charge is 0.115 e. The fourth-order valence-corrected chi connectivity index (χ4v) is 1.79. The molecular formula is C7H10NOS-. The fraction of sp³-hybridized carbons (Fsp3) is 0.286. The van der Waals surface area contributed by atoms with E-state index in [4.69, 9.17) is 4.52 Å². The summed E-state index contributed by atoms with van der Waals surface area (Å²) in [4.78, 5) is 1.06. The van der Waals surface area contributed by atoms with Crippen molar-refractivity contribution in [2.45, 2.75) is 18.7 Å². The van der Waals surface area contributed by atoms with Gasteiger partial charge < -0.3 is 14.6 Å². The van der Waals surface area contributed by atoms with Crippen molar-refractivity contribution in [3.8, 4) is 0 Å². The average Bonchev–Trinajstić information content (AvgIpc) is 2.11.